The number of hydrogen-bond donors (Lipinski definition) is 3. The third-order valence-corrected chi connectivity index (χ3v) is 5.40. The number of H-pyrrole nitrogens is 1. The van der Waals surface area contributed by atoms with Gasteiger partial charge in [-0.05, 0) is 24.3 Å². The number of carboxylic acid groups (broad SMARTS) is 1. The van der Waals surface area contributed by atoms with Gasteiger partial charge in [0.25, 0.3) is 0 Å². The zero-order valence-electron chi connectivity index (χ0n) is 12.7. The summed E-state index contributed by atoms with van der Waals surface area (Å²) in [6.07, 6.45) is 0.946. The molecule has 0 aliphatic carbocycles. The van der Waals surface area contributed by atoms with E-state index >= 15 is 0 Å². The van der Waals surface area contributed by atoms with E-state index in [0.29, 0.717) is 16.2 Å². The Labute approximate surface area is 152 Å². The van der Waals surface area contributed by atoms with Gasteiger partial charge >= 0.3 is 5.97 Å². The van der Waals surface area contributed by atoms with E-state index in [-0.39, 0.29) is 26.9 Å². The van der Waals surface area contributed by atoms with Gasteiger partial charge in [0, 0.05) is 6.26 Å². The largest absolute Gasteiger partial charge is 0.478 e. The molecule has 3 N–H and O–H groups in total. The van der Waals surface area contributed by atoms with Crippen LogP contribution >= 0.6 is 23.2 Å². The zero-order chi connectivity index (χ0) is 18.4. The first-order valence-electron chi connectivity index (χ1n) is 6.85. The number of anilines is 2. The fraction of sp³-hybridized carbons (Fsp3) is 0.0667. The summed E-state index contributed by atoms with van der Waals surface area (Å²) in [4.78, 5) is 18.3. The lowest BCUT2D eigenvalue weighted by molar-refractivity contribution is 0.0694. The van der Waals surface area contributed by atoms with Crippen molar-refractivity contribution in [3.8, 4) is 0 Å². The van der Waals surface area contributed by atoms with Crippen LogP contribution in [0.15, 0.2) is 35.2 Å². The number of benzene rings is 2. The van der Waals surface area contributed by atoms with Crippen molar-refractivity contribution in [3.05, 3.63) is 45.9 Å². The summed E-state index contributed by atoms with van der Waals surface area (Å²) in [6.45, 7) is 0. The molecule has 0 radical (unpaired) electrons. The Balaban J connectivity index is 2.16. The second-order valence-electron chi connectivity index (χ2n) is 5.22. The third kappa shape index (κ3) is 3.28. The Kier molecular flexibility index (Phi) is 4.36. The monoisotopic (exact) mass is 399 g/mol. The van der Waals surface area contributed by atoms with Gasteiger partial charge < -0.3 is 15.4 Å². The molecule has 0 aliphatic heterocycles. The third-order valence-electron chi connectivity index (χ3n) is 3.44. The second-order valence-corrected chi connectivity index (χ2v) is 7.99. The molecule has 0 saturated heterocycles. The van der Waals surface area contributed by atoms with Crippen LogP contribution in [0.1, 0.15) is 10.4 Å². The number of imidazole rings is 1. The number of hydrogen-bond acceptors (Lipinski definition) is 5. The van der Waals surface area contributed by atoms with Gasteiger partial charge in [-0.1, -0.05) is 29.3 Å². The van der Waals surface area contributed by atoms with Crippen molar-refractivity contribution in [1.82, 2.24) is 9.97 Å². The Morgan fingerprint density at radius 3 is 2.60 bits per heavy atom. The first kappa shape index (κ1) is 17.5. The summed E-state index contributed by atoms with van der Waals surface area (Å²) >= 11 is 12.0. The Hall–Kier alpha value is -2.29. The van der Waals surface area contributed by atoms with E-state index in [1.54, 1.807) is 18.2 Å². The summed E-state index contributed by atoms with van der Waals surface area (Å²) in [7, 11) is -3.72. The van der Waals surface area contributed by atoms with Crippen LogP contribution in [0.4, 0.5) is 11.6 Å². The molecule has 1 aromatic heterocycles. The van der Waals surface area contributed by atoms with Crippen LogP contribution in [0.3, 0.4) is 0 Å². The van der Waals surface area contributed by atoms with Crippen molar-refractivity contribution in [2.24, 2.45) is 0 Å². The van der Waals surface area contributed by atoms with Gasteiger partial charge in [0.15, 0.2) is 9.84 Å². The minimum absolute atomic E-state index is 0.0936. The Morgan fingerprint density at radius 2 is 1.96 bits per heavy atom. The van der Waals surface area contributed by atoms with Crippen LogP contribution in [0.5, 0.6) is 0 Å². The molecule has 0 atom stereocenters. The highest BCUT2D eigenvalue weighted by molar-refractivity contribution is 7.90. The molecule has 3 aromatic rings. The summed E-state index contributed by atoms with van der Waals surface area (Å²) in [5, 5.41) is 13.0. The van der Waals surface area contributed by atoms with Gasteiger partial charge in [-0.2, -0.15) is 0 Å². The molecule has 7 nitrogen and oxygen atoms in total. The summed E-state index contributed by atoms with van der Waals surface area (Å²) in [5.74, 6) is -1.17. The lowest BCUT2D eigenvalue weighted by Gasteiger charge is -2.06. The normalized spacial score (nSPS) is 11.6. The summed E-state index contributed by atoms with van der Waals surface area (Å²) < 4.78 is 23.7. The summed E-state index contributed by atoms with van der Waals surface area (Å²) in [5.41, 5.74) is 0.493. The van der Waals surface area contributed by atoms with Gasteiger partial charge in [-0.25, -0.2) is 18.2 Å². The molecule has 10 heteroatoms. The Bertz CT molecular complexity index is 1110. The molecule has 0 unspecified atom stereocenters. The van der Waals surface area contributed by atoms with Gasteiger partial charge in [0.1, 0.15) is 5.56 Å². The fourth-order valence-corrected chi connectivity index (χ4v) is 3.59. The van der Waals surface area contributed by atoms with E-state index in [4.69, 9.17) is 23.2 Å². The lowest BCUT2D eigenvalue weighted by atomic mass is 10.2. The van der Waals surface area contributed by atoms with Gasteiger partial charge in [-0.15, -0.1) is 0 Å². The molecule has 0 aliphatic rings. The van der Waals surface area contributed by atoms with Crippen molar-refractivity contribution in [1.29, 1.82) is 0 Å². The van der Waals surface area contributed by atoms with Crippen LogP contribution in [0.25, 0.3) is 11.0 Å². The maximum Gasteiger partial charge on any atom is 0.339 e. The second kappa shape index (κ2) is 6.21. The number of nitrogens with one attached hydrogen (secondary N) is 2. The van der Waals surface area contributed by atoms with Crippen LogP contribution in [-0.4, -0.2) is 35.7 Å². The predicted octanol–water partition coefficient (Wildman–Crippen LogP) is 3.72. The maximum absolute atomic E-state index is 11.8. The van der Waals surface area contributed by atoms with Crippen LogP contribution in [0.2, 0.25) is 10.0 Å². The first-order chi connectivity index (χ1) is 11.7. The van der Waals surface area contributed by atoms with Crippen LogP contribution in [0, 0.1) is 0 Å². The molecule has 0 fully saturated rings. The van der Waals surface area contributed by atoms with Gasteiger partial charge in [-0.3, -0.25) is 0 Å². The molecule has 0 amide bonds. The predicted molar refractivity (Wildman–Crippen MR) is 95.9 cm³/mol. The maximum atomic E-state index is 11.8. The van der Waals surface area contributed by atoms with Crippen molar-refractivity contribution < 1.29 is 18.3 Å². The van der Waals surface area contributed by atoms with Crippen molar-refractivity contribution in [3.63, 3.8) is 0 Å². The highest BCUT2D eigenvalue weighted by atomic mass is 35.5. The fourth-order valence-electron chi connectivity index (χ4n) is 2.37. The number of carboxylic acids is 1. The van der Waals surface area contributed by atoms with E-state index in [9.17, 15) is 18.3 Å². The van der Waals surface area contributed by atoms with E-state index in [1.807, 2.05) is 0 Å². The average molecular weight is 400 g/mol. The number of nitrogens with zero attached hydrogens (tertiary/aromatic N) is 1. The number of aromatic nitrogens is 2. The minimum atomic E-state index is -3.72. The number of sulfone groups is 1. The first-order valence-corrected chi connectivity index (χ1v) is 9.50. The van der Waals surface area contributed by atoms with Crippen molar-refractivity contribution in [2.45, 2.75) is 4.90 Å². The molecule has 0 saturated carbocycles. The topological polar surface area (TPSA) is 112 Å². The van der Waals surface area contributed by atoms with Gasteiger partial charge in [0.05, 0.1) is 31.7 Å². The number of halogens is 2. The van der Waals surface area contributed by atoms with E-state index in [1.165, 1.54) is 12.1 Å². The molecular formula is C15H11Cl2N3O4S. The lowest BCUT2D eigenvalue weighted by Crippen LogP contribution is -2.08. The molecular weight excluding hydrogens is 389 g/mol. The smallest absolute Gasteiger partial charge is 0.339 e. The SMILES string of the molecule is CS(=O)(=O)c1ccc2nc(Nc3cccc(Cl)c3Cl)[nH]c2c1C(=O)O. The molecule has 1 heterocycles. The highest BCUT2D eigenvalue weighted by Gasteiger charge is 2.23. The summed E-state index contributed by atoms with van der Waals surface area (Å²) in [6, 6.07) is 7.62. The average Bonchev–Trinajstić information content (AvgIpc) is 2.92. The van der Waals surface area contributed by atoms with Crippen LogP contribution < -0.4 is 5.32 Å². The molecule has 2 aromatic carbocycles. The minimum Gasteiger partial charge on any atom is -0.478 e. The number of aromatic carboxylic acids is 1. The molecule has 130 valence electrons. The van der Waals surface area contributed by atoms with Crippen molar-refractivity contribution in [2.75, 3.05) is 11.6 Å². The van der Waals surface area contributed by atoms with E-state index < -0.39 is 15.8 Å². The van der Waals surface area contributed by atoms with Crippen LogP contribution in [-0.2, 0) is 9.84 Å². The number of fused-ring (bicyclic) bond motifs is 1. The molecule has 3 rings (SSSR count). The standard InChI is InChI=1S/C15H11Cl2N3O4S/c1-25(23,24)10-6-5-9-13(11(10)14(21)22)20-15(19-9)18-8-4-2-3-7(16)12(8)17/h2-6H,1H3,(H,21,22)(H2,18,19,20). The number of aromatic amines is 1. The van der Waals surface area contributed by atoms with Gasteiger partial charge in [0.2, 0.25) is 5.95 Å². The Morgan fingerprint density at radius 1 is 1.24 bits per heavy atom. The van der Waals surface area contributed by atoms with E-state index in [0.717, 1.165) is 6.26 Å². The molecule has 0 spiro atoms. The molecule has 0 bridgehead atoms. The van der Waals surface area contributed by atoms with E-state index in [2.05, 4.69) is 15.3 Å². The number of carbonyl (C=O) groups is 1. The van der Waals surface area contributed by atoms with Crippen molar-refractivity contribution >= 4 is 61.7 Å². The quantitative estimate of drug-likeness (QED) is 0.616. The number of rotatable bonds is 4. The highest BCUT2D eigenvalue weighted by Crippen LogP contribution is 2.32. The zero-order valence-corrected chi connectivity index (χ0v) is 15.0. The molecule has 25 heavy (non-hydrogen) atoms.